The van der Waals surface area contributed by atoms with Gasteiger partial charge >= 0.3 is 11.9 Å². The third kappa shape index (κ3) is 53.9. The number of nitrogens with one attached hydrogen (secondary N) is 2. The van der Waals surface area contributed by atoms with Crippen molar-refractivity contribution in [3.8, 4) is 0 Å². The molecule has 0 aliphatic rings. The number of carbonyl (C=O) groups is 4. The van der Waals surface area contributed by atoms with Gasteiger partial charge in [0.05, 0.1) is 159 Å². The van der Waals surface area contributed by atoms with E-state index in [0.717, 1.165) is 38.5 Å². The lowest BCUT2D eigenvalue weighted by molar-refractivity contribution is -0.142. The van der Waals surface area contributed by atoms with Crippen molar-refractivity contribution in [3.05, 3.63) is 0 Å². The Morgan fingerprint density at radius 3 is 0.985 bits per heavy atom. The van der Waals surface area contributed by atoms with Crippen LogP contribution in [-0.4, -0.2) is 211 Å². The molecule has 1 atom stereocenters. The Labute approximate surface area is 398 Å². The van der Waals surface area contributed by atoms with Gasteiger partial charge in [0.2, 0.25) is 11.8 Å². The molecule has 67 heavy (non-hydrogen) atoms. The summed E-state index contributed by atoms with van der Waals surface area (Å²) in [7, 11) is 0. The summed E-state index contributed by atoms with van der Waals surface area (Å²) in [5.74, 6) is -2.31. The predicted octanol–water partition coefficient (Wildman–Crippen LogP) is 2.92. The molecule has 0 fully saturated rings. The van der Waals surface area contributed by atoms with E-state index in [1.54, 1.807) is 6.29 Å². The van der Waals surface area contributed by atoms with Crippen molar-refractivity contribution in [1.29, 1.82) is 0 Å². The zero-order valence-corrected chi connectivity index (χ0v) is 40.2. The second kappa shape index (κ2) is 54.0. The lowest BCUT2D eigenvalue weighted by Gasteiger charge is -2.13. The Morgan fingerprint density at radius 1 is 0.373 bits per heavy atom. The normalized spacial score (nSPS) is 11.8. The van der Waals surface area contributed by atoms with E-state index in [-0.39, 0.29) is 44.8 Å². The van der Waals surface area contributed by atoms with Crippen LogP contribution >= 0.6 is 0 Å². The molecule has 21 heteroatoms. The number of ether oxygens (including phenoxy) is 12. The molecule has 0 aromatic heterocycles. The SMILES string of the molecule is O=[C]CC[C@H](NC(=O)CCOCCOCCOCCOCCOCCOCCOCCOCCOCCOCCOCCOCCNC(=O)CCCCCCCCCCCCC(=O)O)C(=O)O. The van der Waals surface area contributed by atoms with Crippen LogP contribution in [0.25, 0.3) is 0 Å². The van der Waals surface area contributed by atoms with Crippen LogP contribution in [0.15, 0.2) is 0 Å². The summed E-state index contributed by atoms with van der Waals surface area (Å²) in [5, 5.41) is 22.9. The van der Waals surface area contributed by atoms with Crippen molar-refractivity contribution < 1.29 is 91.0 Å². The molecule has 0 saturated heterocycles. The molecule has 4 N–H and O–H groups in total. The number of rotatable bonds is 57. The predicted molar refractivity (Wildman–Crippen MR) is 245 cm³/mol. The quantitative estimate of drug-likeness (QED) is 0.0639. The molecule has 0 saturated carbocycles. The molecule has 0 aliphatic carbocycles. The van der Waals surface area contributed by atoms with Crippen LogP contribution in [0.2, 0.25) is 0 Å². The summed E-state index contributed by atoms with van der Waals surface area (Å²) in [6.45, 7) is 10.7. The number of amides is 2. The summed E-state index contributed by atoms with van der Waals surface area (Å²) in [5.41, 5.74) is 0. The van der Waals surface area contributed by atoms with Gasteiger partial charge in [-0.05, 0) is 19.3 Å². The van der Waals surface area contributed by atoms with Crippen LogP contribution < -0.4 is 10.6 Å². The number of unbranched alkanes of at least 4 members (excludes halogenated alkanes) is 9. The molecular weight excluding hydrogens is 885 g/mol. The third-order valence-corrected chi connectivity index (χ3v) is 9.35. The van der Waals surface area contributed by atoms with E-state index >= 15 is 0 Å². The van der Waals surface area contributed by atoms with E-state index in [4.69, 9.17) is 67.1 Å². The van der Waals surface area contributed by atoms with Gasteiger partial charge in [-0.25, -0.2) is 4.79 Å². The summed E-state index contributed by atoms with van der Waals surface area (Å²) in [4.78, 5) is 55.6. The van der Waals surface area contributed by atoms with Crippen molar-refractivity contribution in [2.24, 2.45) is 0 Å². The highest BCUT2D eigenvalue weighted by atomic mass is 16.6. The topological polar surface area (TPSA) is 261 Å². The molecule has 0 aromatic carbocycles. The Kier molecular flexibility index (Phi) is 51.7. The summed E-state index contributed by atoms with van der Waals surface area (Å²) in [6, 6.07) is -1.12. The Balaban J connectivity index is 3.19. The summed E-state index contributed by atoms with van der Waals surface area (Å²) in [6.07, 6.45) is 13.1. The maximum Gasteiger partial charge on any atom is 0.326 e. The highest BCUT2D eigenvalue weighted by molar-refractivity contribution is 5.83. The van der Waals surface area contributed by atoms with E-state index in [2.05, 4.69) is 10.6 Å². The number of carboxylic acid groups (broad SMARTS) is 2. The second-order valence-electron chi connectivity index (χ2n) is 15.0. The zero-order chi connectivity index (χ0) is 48.8. The highest BCUT2D eigenvalue weighted by Crippen LogP contribution is 2.12. The fraction of sp³-hybridized carbons (Fsp3) is 0.891. The van der Waals surface area contributed by atoms with Gasteiger partial charge in [0, 0.05) is 32.2 Å². The van der Waals surface area contributed by atoms with Gasteiger partial charge in [0.25, 0.3) is 0 Å². The average molecular weight is 970 g/mol. The first-order valence-electron chi connectivity index (χ1n) is 24.1. The first-order chi connectivity index (χ1) is 32.9. The molecule has 21 nitrogen and oxygen atoms in total. The first-order valence-corrected chi connectivity index (χ1v) is 24.1. The fourth-order valence-corrected chi connectivity index (χ4v) is 5.74. The van der Waals surface area contributed by atoms with Crippen molar-refractivity contribution in [1.82, 2.24) is 10.6 Å². The van der Waals surface area contributed by atoms with Gasteiger partial charge < -0.3 is 77.7 Å². The standard InChI is InChI=1S/C46H85N2O19/c49-17-11-12-42(46(54)55)48-44(51)15-18-56-20-22-58-24-26-60-28-30-62-32-34-64-36-38-66-40-41-67-39-37-65-35-33-63-31-29-61-27-25-59-23-21-57-19-16-47-43(50)13-9-7-5-3-1-2-4-6-8-10-14-45(52)53/h42H,1-16,18-41H2,(H,47,50)(H,48,51)(H,52,53)(H,54,55)/t42-/m0/s1. The highest BCUT2D eigenvalue weighted by Gasteiger charge is 2.19. The van der Waals surface area contributed by atoms with Gasteiger partial charge in [-0.15, -0.1) is 0 Å². The molecule has 1 radical (unpaired) electrons. The molecule has 0 heterocycles. The molecule has 393 valence electrons. The number of carbonyl (C=O) groups excluding carboxylic acids is 3. The van der Waals surface area contributed by atoms with Gasteiger partial charge in [-0.3, -0.25) is 19.2 Å². The smallest absolute Gasteiger partial charge is 0.326 e. The van der Waals surface area contributed by atoms with Gasteiger partial charge in [-0.2, -0.15) is 0 Å². The van der Waals surface area contributed by atoms with Gasteiger partial charge in [0.15, 0.2) is 6.29 Å². The molecular formula is C46H85N2O19. The molecule has 0 unspecified atom stereocenters. The maximum atomic E-state index is 12.0. The summed E-state index contributed by atoms with van der Waals surface area (Å²) < 4.78 is 65.6. The zero-order valence-electron chi connectivity index (χ0n) is 40.2. The maximum absolute atomic E-state index is 12.0. The van der Waals surface area contributed by atoms with Crippen molar-refractivity contribution >= 4 is 30.0 Å². The van der Waals surface area contributed by atoms with Crippen LogP contribution in [0.3, 0.4) is 0 Å². The number of hydrogen-bond acceptors (Lipinski definition) is 17. The van der Waals surface area contributed by atoms with Crippen LogP contribution in [-0.2, 0) is 80.8 Å². The van der Waals surface area contributed by atoms with E-state index in [0.29, 0.717) is 158 Å². The number of hydrogen-bond donors (Lipinski definition) is 4. The largest absolute Gasteiger partial charge is 0.481 e. The Hall–Kier alpha value is -2.93. The average Bonchev–Trinajstić information content (AvgIpc) is 3.31. The van der Waals surface area contributed by atoms with Crippen LogP contribution in [0, 0.1) is 0 Å². The number of aliphatic carboxylic acids is 2. The molecule has 0 rings (SSSR count). The van der Waals surface area contributed by atoms with Gasteiger partial charge in [-0.1, -0.05) is 51.4 Å². The van der Waals surface area contributed by atoms with Gasteiger partial charge in [0.1, 0.15) is 6.04 Å². The molecule has 0 aliphatic heterocycles. The minimum absolute atomic E-state index is 0.000443. The molecule has 2 amide bonds. The first kappa shape index (κ1) is 64.1. The molecule has 0 spiro atoms. The second-order valence-corrected chi connectivity index (χ2v) is 15.0. The van der Waals surface area contributed by atoms with Crippen molar-refractivity contribution in [2.45, 2.75) is 102 Å². The third-order valence-electron chi connectivity index (χ3n) is 9.35. The Bertz CT molecular complexity index is 1130. The van der Waals surface area contributed by atoms with E-state index in [1.165, 1.54) is 25.7 Å². The monoisotopic (exact) mass is 970 g/mol. The minimum Gasteiger partial charge on any atom is -0.481 e. The van der Waals surface area contributed by atoms with Crippen LogP contribution in [0.1, 0.15) is 96.3 Å². The van der Waals surface area contributed by atoms with E-state index in [9.17, 15) is 24.0 Å². The lowest BCUT2D eigenvalue weighted by atomic mass is 10.1. The van der Waals surface area contributed by atoms with Crippen molar-refractivity contribution in [2.75, 3.05) is 165 Å². The summed E-state index contributed by atoms with van der Waals surface area (Å²) >= 11 is 0. The van der Waals surface area contributed by atoms with Crippen molar-refractivity contribution in [3.63, 3.8) is 0 Å². The number of carboxylic acids is 2. The molecule has 0 aromatic rings. The minimum atomic E-state index is -1.20. The van der Waals surface area contributed by atoms with Crippen LogP contribution in [0.5, 0.6) is 0 Å². The Morgan fingerprint density at radius 2 is 0.672 bits per heavy atom. The molecule has 0 bridgehead atoms. The van der Waals surface area contributed by atoms with E-state index < -0.39 is 23.9 Å². The van der Waals surface area contributed by atoms with Crippen LogP contribution in [0.4, 0.5) is 0 Å². The van der Waals surface area contributed by atoms with E-state index in [1.807, 2.05) is 0 Å². The fourth-order valence-electron chi connectivity index (χ4n) is 5.74. The lowest BCUT2D eigenvalue weighted by Crippen LogP contribution is -2.41.